The number of hydrogen-bond donors (Lipinski definition) is 1. The van der Waals surface area contributed by atoms with Gasteiger partial charge in [0.1, 0.15) is 0 Å². The lowest BCUT2D eigenvalue weighted by molar-refractivity contribution is -0.119. The second-order valence-electron chi connectivity index (χ2n) is 4.57. The average molecular weight is 270 g/mol. The quantitative estimate of drug-likeness (QED) is 0.907. The highest BCUT2D eigenvalue weighted by Crippen LogP contribution is 2.13. The van der Waals surface area contributed by atoms with Crippen molar-refractivity contribution in [2.45, 2.75) is 13.0 Å². The van der Waals surface area contributed by atoms with E-state index >= 15 is 0 Å². The SMILES string of the molecule is CC1COCCN1CC(=O)Nc1ccc(F)c(F)c1. The monoisotopic (exact) mass is 270 g/mol. The standard InChI is InChI=1S/C13H16F2N2O2/c1-9-8-19-5-4-17(9)7-13(18)16-10-2-3-11(14)12(15)6-10/h2-3,6,9H,4-5,7-8H2,1H3,(H,16,18). The first-order chi connectivity index (χ1) is 9.06. The summed E-state index contributed by atoms with van der Waals surface area (Å²) in [5, 5.41) is 2.55. The van der Waals surface area contributed by atoms with Crippen LogP contribution in [0.15, 0.2) is 18.2 Å². The summed E-state index contributed by atoms with van der Waals surface area (Å²) in [6.07, 6.45) is 0. The summed E-state index contributed by atoms with van der Waals surface area (Å²) in [6.45, 7) is 4.07. The molecular weight excluding hydrogens is 254 g/mol. The van der Waals surface area contributed by atoms with E-state index in [4.69, 9.17) is 4.74 Å². The van der Waals surface area contributed by atoms with Gasteiger partial charge in [0.15, 0.2) is 11.6 Å². The van der Waals surface area contributed by atoms with Gasteiger partial charge in [-0.05, 0) is 19.1 Å². The van der Waals surface area contributed by atoms with Crippen molar-refractivity contribution in [1.29, 1.82) is 0 Å². The van der Waals surface area contributed by atoms with Crippen LogP contribution in [0.5, 0.6) is 0 Å². The summed E-state index contributed by atoms with van der Waals surface area (Å²) >= 11 is 0. The van der Waals surface area contributed by atoms with Crippen molar-refractivity contribution in [1.82, 2.24) is 4.90 Å². The Hall–Kier alpha value is -1.53. The molecule has 0 radical (unpaired) electrons. The maximum Gasteiger partial charge on any atom is 0.238 e. The van der Waals surface area contributed by atoms with Crippen molar-refractivity contribution in [2.75, 3.05) is 31.6 Å². The molecule has 1 heterocycles. The Kier molecular flexibility index (Phi) is 4.44. The van der Waals surface area contributed by atoms with Gasteiger partial charge < -0.3 is 10.1 Å². The van der Waals surface area contributed by atoms with Gasteiger partial charge in [-0.15, -0.1) is 0 Å². The number of halogens is 2. The van der Waals surface area contributed by atoms with E-state index in [2.05, 4.69) is 5.32 Å². The van der Waals surface area contributed by atoms with Crippen LogP contribution in [0.1, 0.15) is 6.92 Å². The maximum atomic E-state index is 13.0. The number of nitrogens with zero attached hydrogens (tertiary/aromatic N) is 1. The van der Waals surface area contributed by atoms with Crippen molar-refractivity contribution in [2.24, 2.45) is 0 Å². The van der Waals surface area contributed by atoms with E-state index in [1.807, 2.05) is 11.8 Å². The Balaban J connectivity index is 1.91. The molecule has 6 heteroatoms. The van der Waals surface area contributed by atoms with Crippen molar-refractivity contribution >= 4 is 11.6 Å². The lowest BCUT2D eigenvalue weighted by atomic mass is 10.2. The molecule has 0 aliphatic carbocycles. The average Bonchev–Trinajstić information content (AvgIpc) is 2.37. The largest absolute Gasteiger partial charge is 0.379 e. The zero-order valence-electron chi connectivity index (χ0n) is 10.7. The third-order valence-electron chi connectivity index (χ3n) is 3.06. The normalized spacial score (nSPS) is 20.3. The predicted octanol–water partition coefficient (Wildman–Crippen LogP) is 1.62. The fraction of sp³-hybridized carbons (Fsp3) is 0.462. The fourth-order valence-electron chi connectivity index (χ4n) is 1.96. The smallest absolute Gasteiger partial charge is 0.238 e. The molecule has 1 atom stereocenters. The zero-order chi connectivity index (χ0) is 13.8. The molecular formula is C13H16F2N2O2. The highest BCUT2D eigenvalue weighted by Gasteiger charge is 2.21. The van der Waals surface area contributed by atoms with Gasteiger partial charge in [-0.3, -0.25) is 9.69 Å². The van der Waals surface area contributed by atoms with Gasteiger partial charge in [-0.2, -0.15) is 0 Å². The molecule has 1 fully saturated rings. The number of anilines is 1. The minimum Gasteiger partial charge on any atom is -0.379 e. The van der Waals surface area contributed by atoms with Gasteiger partial charge in [-0.25, -0.2) is 8.78 Å². The number of rotatable bonds is 3. The zero-order valence-corrected chi connectivity index (χ0v) is 10.7. The summed E-state index contributed by atoms with van der Waals surface area (Å²) in [7, 11) is 0. The van der Waals surface area contributed by atoms with Crippen LogP contribution >= 0.6 is 0 Å². The van der Waals surface area contributed by atoms with Crippen molar-refractivity contribution in [3.63, 3.8) is 0 Å². The third-order valence-corrected chi connectivity index (χ3v) is 3.06. The van der Waals surface area contributed by atoms with Crippen molar-refractivity contribution in [3.05, 3.63) is 29.8 Å². The highest BCUT2D eigenvalue weighted by molar-refractivity contribution is 5.92. The maximum absolute atomic E-state index is 13.0. The van der Waals surface area contributed by atoms with Crippen LogP contribution in [0.2, 0.25) is 0 Å². The number of morpholine rings is 1. The molecule has 1 aliphatic heterocycles. The van der Waals surface area contributed by atoms with E-state index in [9.17, 15) is 13.6 Å². The summed E-state index contributed by atoms with van der Waals surface area (Å²) < 4.78 is 31.0. The Morgan fingerprint density at radius 3 is 2.95 bits per heavy atom. The first-order valence-electron chi connectivity index (χ1n) is 6.13. The number of carbonyl (C=O) groups is 1. The first-order valence-corrected chi connectivity index (χ1v) is 6.13. The van der Waals surface area contributed by atoms with Gasteiger partial charge in [0, 0.05) is 24.3 Å². The fourth-order valence-corrected chi connectivity index (χ4v) is 1.96. The van der Waals surface area contributed by atoms with Crippen LogP contribution in [0.3, 0.4) is 0 Å². The molecule has 1 aromatic carbocycles. The topological polar surface area (TPSA) is 41.6 Å². The lowest BCUT2D eigenvalue weighted by Gasteiger charge is -2.32. The molecule has 0 saturated carbocycles. The van der Waals surface area contributed by atoms with Crippen LogP contribution in [0.25, 0.3) is 0 Å². The molecule has 1 amide bonds. The van der Waals surface area contributed by atoms with Crippen LogP contribution < -0.4 is 5.32 Å². The molecule has 19 heavy (non-hydrogen) atoms. The Morgan fingerprint density at radius 1 is 1.47 bits per heavy atom. The number of benzene rings is 1. The second kappa shape index (κ2) is 6.08. The first kappa shape index (κ1) is 13.9. The molecule has 4 nitrogen and oxygen atoms in total. The van der Waals surface area contributed by atoms with Gasteiger partial charge in [0.05, 0.1) is 19.8 Å². The molecule has 104 valence electrons. The molecule has 1 N–H and O–H groups in total. The summed E-state index contributed by atoms with van der Waals surface area (Å²) in [6, 6.07) is 3.46. The van der Waals surface area contributed by atoms with E-state index in [1.54, 1.807) is 0 Å². The van der Waals surface area contributed by atoms with E-state index in [1.165, 1.54) is 6.07 Å². The van der Waals surface area contributed by atoms with Gasteiger partial charge in [0.2, 0.25) is 5.91 Å². The number of hydrogen-bond acceptors (Lipinski definition) is 3. The van der Waals surface area contributed by atoms with Crippen molar-refractivity contribution in [3.8, 4) is 0 Å². The second-order valence-corrected chi connectivity index (χ2v) is 4.57. The third kappa shape index (κ3) is 3.71. The van der Waals surface area contributed by atoms with Crippen molar-refractivity contribution < 1.29 is 18.3 Å². The molecule has 1 aliphatic rings. The van der Waals surface area contributed by atoms with Crippen LogP contribution in [-0.2, 0) is 9.53 Å². The minimum atomic E-state index is -0.974. The van der Waals surface area contributed by atoms with E-state index in [-0.39, 0.29) is 24.2 Å². The van der Waals surface area contributed by atoms with Gasteiger partial charge in [0.25, 0.3) is 0 Å². The molecule has 0 spiro atoms. The van der Waals surface area contributed by atoms with Crippen LogP contribution in [0.4, 0.5) is 14.5 Å². The summed E-state index contributed by atoms with van der Waals surface area (Å²) in [5.41, 5.74) is 0.254. The minimum absolute atomic E-state index is 0.171. The van der Waals surface area contributed by atoms with Gasteiger partial charge >= 0.3 is 0 Å². The summed E-state index contributed by atoms with van der Waals surface area (Å²) in [5.74, 6) is -2.16. The molecule has 1 unspecified atom stereocenters. The predicted molar refractivity (Wildman–Crippen MR) is 66.8 cm³/mol. The number of carbonyl (C=O) groups excluding carboxylic acids is 1. The molecule has 2 rings (SSSR count). The molecule has 1 aromatic rings. The summed E-state index contributed by atoms with van der Waals surface area (Å²) in [4.78, 5) is 13.8. The molecule has 0 aromatic heterocycles. The van der Waals surface area contributed by atoms with Crippen LogP contribution in [0, 0.1) is 11.6 Å². The number of ether oxygens (including phenoxy) is 1. The Labute approximate surface area is 110 Å². The lowest BCUT2D eigenvalue weighted by Crippen LogP contribution is -2.47. The van der Waals surface area contributed by atoms with E-state index in [0.717, 1.165) is 12.1 Å². The number of nitrogens with one attached hydrogen (secondary N) is 1. The molecule has 0 bridgehead atoms. The van der Waals surface area contributed by atoms with Gasteiger partial charge in [-0.1, -0.05) is 0 Å². The van der Waals surface area contributed by atoms with E-state index in [0.29, 0.717) is 19.8 Å². The van der Waals surface area contributed by atoms with E-state index < -0.39 is 11.6 Å². The Bertz CT molecular complexity index is 468. The Morgan fingerprint density at radius 2 is 2.26 bits per heavy atom. The highest BCUT2D eigenvalue weighted by atomic mass is 19.2. The van der Waals surface area contributed by atoms with Crippen LogP contribution in [-0.4, -0.2) is 43.2 Å². The number of amides is 1. The molecule has 1 saturated heterocycles.